The molecule has 0 radical (unpaired) electrons. The van der Waals surface area contributed by atoms with E-state index in [-0.39, 0.29) is 0 Å². The van der Waals surface area contributed by atoms with E-state index >= 15 is 0 Å². The quantitative estimate of drug-likeness (QED) is 0.598. The van der Waals surface area contributed by atoms with Gasteiger partial charge < -0.3 is 4.74 Å². The molecular weight excluding hydrogens is 250 g/mol. The van der Waals surface area contributed by atoms with Crippen LogP contribution in [0.25, 0.3) is 0 Å². The maximum atomic E-state index is 6.01. The molecule has 4 heteroatoms. The predicted octanol–water partition coefficient (Wildman–Crippen LogP) is 2.04. The Morgan fingerprint density at radius 3 is 2.35 bits per heavy atom. The lowest BCUT2D eigenvalue weighted by Crippen LogP contribution is -2.61. The van der Waals surface area contributed by atoms with Gasteiger partial charge >= 0.3 is 0 Å². The lowest BCUT2D eigenvalue weighted by Gasteiger charge is -2.46. The van der Waals surface area contributed by atoms with Crippen molar-refractivity contribution in [1.29, 1.82) is 0 Å². The molecule has 2 heterocycles. The Morgan fingerprint density at radius 2 is 1.75 bits per heavy atom. The van der Waals surface area contributed by atoms with E-state index < -0.39 is 0 Å². The van der Waals surface area contributed by atoms with Crippen molar-refractivity contribution in [2.24, 2.45) is 11.8 Å². The van der Waals surface area contributed by atoms with Crippen LogP contribution >= 0.6 is 0 Å². The van der Waals surface area contributed by atoms with Crippen LogP contribution in [-0.4, -0.2) is 42.8 Å². The predicted molar refractivity (Wildman–Crippen MR) is 81.3 cm³/mol. The number of ether oxygens (including phenoxy) is 1. The van der Waals surface area contributed by atoms with Crippen molar-refractivity contribution < 1.29 is 4.74 Å². The number of nitrogens with two attached hydrogens (primary N) is 1. The Morgan fingerprint density at radius 1 is 1.10 bits per heavy atom. The average Bonchev–Trinajstić information content (AvgIpc) is 3.17. The Labute approximate surface area is 123 Å². The van der Waals surface area contributed by atoms with E-state index in [1.165, 1.54) is 70.9 Å². The van der Waals surface area contributed by atoms with Gasteiger partial charge in [-0.25, -0.2) is 0 Å². The van der Waals surface area contributed by atoms with Gasteiger partial charge in [0, 0.05) is 24.8 Å². The van der Waals surface area contributed by atoms with Crippen molar-refractivity contribution in [1.82, 2.24) is 10.3 Å². The third-order valence-corrected chi connectivity index (χ3v) is 5.96. The molecule has 0 spiro atoms. The van der Waals surface area contributed by atoms with Gasteiger partial charge in [0.2, 0.25) is 0 Å². The van der Waals surface area contributed by atoms with E-state index in [9.17, 15) is 0 Å². The van der Waals surface area contributed by atoms with Crippen LogP contribution in [0.4, 0.5) is 0 Å². The molecule has 116 valence electrons. The molecule has 3 N–H and O–H groups in total. The van der Waals surface area contributed by atoms with Crippen LogP contribution in [0.5, 0.6) is 0 Å². The van der Waals surface area contributed by atoms with E-state index in [0.29, 0.717) is 11.6 Å². The molecule has 1 unspecified atom stereocenters. The minimum atomic E-state index is 0.351. The zero-order chi connectivity index (χ0) is 13.8. The Kier molecular flexibility index (Phi) is 4.97. The second kappa shape index (κ2) is 6.73. The highest BCUT2D eigenvalue weighted by atomic mass is 16.5. The zero-order valence-corrected chi connectivity index (χ0v) is 12.8. The molecule has 4 nitrogen and oxygen atoms in total. The summed E-state index contributed by atoms with van der Waals surface area (Å²) < 4.78 is 5.50. The van der Waals surface area contributed by atoms with Gasteiger partial charge in [0.15, 0.2) is 0 Å². The Balaban J connectivity index is 1.70. The maximum Gasteiger partial charge on any atom is 0.0468 e. The normalized spacial score (nSPS) is 29.9. The van der Waals surface area contributed by atoms with Gasteiger partial charge in [0.05, 0.1) is 0 Å². The number of nitrogens with one attached hydrogen (secondary N) is 1. The summed E-state index contributed by atoms with van der Waals surface area (Å²) in [7, 11) is 0. The summed E-state index contributed by atoms with van der Waals surface area (Å²) in [5, 5.41) is 0. The molecule has 1 saturated carbocycles. The third kappa shape index (κ3) is 2.89. The molecule has 0 aromatic carbocycles. The van der Waals surface area contributed by atoms with Gasteiger partial charge in [-0.15, -0.1) is 0 Å². The second-order valence-electron chi connectivity index (χ2n) is 7.02. The first-order valence-corrected chi connectivity index (χ1v) is 8.64. The number of rotatable bonds is 5. The monoisotopic (exact) mass is 281 g/mol. The van der Waals surface area contributed by atoms with Gasteiger partial charge in [-0.3, -0.25) is 16.2 Å². The SMILES string of the molecule is NNC(CC1CCOCC1)C1(N2CCCC2)CCCC1. The third-order valence-electron chi connectivity index (χ3n) is 5.96. The molecular formula is C16H31N3O. The lowest BCUT2D eigenvalue weighted by atomic mass is 9.79. The summed E-state index contributed by atoms with van der Waals surface area (Å²) in [6, 6.07) is 0.464. The summed E-state index contributed by atoms with van der Waals surface area (Å²) in [5.41, 5.74) is 3.58. The van der Waals surface area contributed by atoms with Crippen LogP contribution in [-0.2, 0) is 4.74 Å². The number of hydrogen-bond donors (Lipinski definition) is 2. The van der Waals surface area contributed by atoms with Crippen LogP contribution in [0.1, 0.15) is 57.8 Å². The first kappa shape index (κ1) is 14.8. The second-order valence-corrected chi connectivity index (χ2v) is 7.02. The summed E-state index contributed by atoms with van der Waals surface area (Å²) in [5.74, 6) is 6.81. The first-order valence-electron chi connectivity index (χ1n) is 8.64. The molecule has 2 saturated heterocycles. The van der Waals surface area contributed by atoms with Crippen molar-refractivity contribution in [3.63, 3.8) is 0 Å². The molecule has 3 aliphatic rings. The molecule has 0 bridgehead atoms. The van der Waals surface area contributed by atoms with Crippen LogP contribution in [0.15, 0.2) is 0 Å². The molecule has 0 amide bonds. The number of nitrogens with zero attached hydrogens (tertiary/aromatic N) is 1. The number of hydrazine groups is 1. The van der Waals surface area contributed by atoms with Crippen molar-refractivity contribution >= 4 is 0 Å². The van der Waals surface area contributed by atoms with Crippen LogP contribution < -0.4 is 11.3 Å². The van der Waals surface area contributed by atoms with Crippen molar-refractivity contribution in [3.05, 3.63) is 0 Å². The van der Waals surface area contributed by atoms with Crippen molar-refractivity contribution in [2.75, 3.05) is 26.3 Å². The summed E-state index contributed by atoms with van der Waals surface area (Å²) in [6.07, 6.45) is 11.8. The summed E-state index contributed by atoms with van der Waals surface area (Å²) in [4.78, 5) is 2.77. The summed E-state index contributed by atoms with van der Waals surface area (Å²) >= 11 is 0. The maximum absolute atomic E-state index is 6.01. The first-order chi connectivity index (χ1) is 9.85. The molecule has 0 aromatic heterocycles. The largest absolute Gasteiger partial charge is 0.381 e. The fourth-order valence-corrected chi connectivity index (χ4v) is 4.79. The molecule has 20 heavy (non-hydrogen) atoms. The van der Waals surface area contributed by atoms with E-state index in [1.807, 2.05) is 0 Å². The highest BCUT2D eigenvalue weighted by molar-refractivity contribution is 5.04. The highest BCUT2D eigenvalue weighted by Gasteiger charge is 2.46. The fourth-order valence-electron chi connectivity index (χ4n) is 4.79. The van der Waals surface area contributed by atoms with Gasteiger partial charge in [-0.1, -0.05) is 12.8 Å². The highest BCUT2D eigenvalue weighted by Crippen LogP contribution is 2.42. The lowest BCUT2D eigenvalue weighted by molar-refractivity contribution is 0.0326. The topological polar surface area (TPSA) is 50.5 Å². The molecule has 3 rings (SSSR count). The Hall–Kier alpha value is -0.160. The van der Waals surface area contributed by atoms with E-state index in [1.54, 1.807) is 0 Å². The number of hydrogen-bond acceptors (Lipinski definition) is 4. The van der Waals surface area contributed by atoms with Crippen molar-refractivity contribution in [2.45, 2.75) is 69.4 Å². The minimum absolute atomic E-state index is 0.351. The van der Waals surface area contributed by atoms with Crippen LogP contribution in [0, 0.1) is 5.92 Å². The smallest absolute Gasteiger partial charge is 0.0468 e. The molecule has 3 fully saturated rings. The average molecular weight is 281 g/mol. The van der Waals surface area contributed by atoms with E-state index in [4.69, 9.17) is 10.6 Å². The minimum Gasteiger partial charge on any atom is -0.381 e. The number of likely N-dealkylation sites (tertiary alicyclic amines) is 1. The zero-order valence-electron chi connectivity index (χ0n) is 12.8. The van der Waals surface area contributed by atoms with Gasteiger partial charge in [0.1, 0.15) is 0 Å². The standard InChI is InChI=1S/C16H31N3O/c17-18-15(13-14-5-11-20-12-6-14)16(7-1-2-8-16)19-9-3-4-10-19/h14-15,18H,1-13,17H2. The molecule has 1 atom stereocenters. The van der Waals surface area contributed by atoms with E-state index in [0.717, 1.165) is 19.1 Å². The summed E-state index contributed by atoms with van der Waals surface area (Å²) in [6.45, 7) is 4.45. The van der Waals surface area contributed by atoms with Crippen molar-refractivity contribution in [3.8, 4) is 0 Å². The van der Waals surface area contributed by atoms with Crippen LogP contribution in [0.2, 0.25) is 0 Å². The molecule has 2 aliphatic heterocycles. The molecule has 1 aliphatic carbocycles. The van der Waals surface area contributed by atoms with Gasteiger partial charge in [0.25, 0.3) is 0 Å². The molecule has 0 aromatic rings. The van der Waals surface area contributed by atoms with E-state index in [2.05, 4.69) is 10.3 Å². The Bertz CT molecular complexity index is 292. The fraction of sp³-hybridized carbons (Fsp3) is 1.00. The van der Waals surface area contributed by atoms with Gasteiger partial charge in [-0.05, 0) is 64.0 Å². The van der Waals surface area contributed by atoms with Gasteiger partial charge in [-0.2, -0.15) is 0 Å². The van der Waals surface area contributed by atoms with Crippen LogP contribution in [0.3, 0.4) is 0 Å².